The summed E-state index contributed by atoms with van der Waals surface area (Å²) in [5, 5.41) is 17.6. The van der Waals surface area contributed by atoms with Gasteiger partial charge in [-0.3, -0.25) is 43.3 Å². The lowest BCUT2D eigenvalue weighted by Gasteiger charge is -2.29. The van der Waals surface area contributed by atoms with Crippen molar-refractivity contribution in [1.82, 2.24) is 47.2 Å². The molecule has 20 nitrogen and oxygen atoms in total. The molecule has 3 heterocycles. The summed E-state index contributed by atoms with van der Waals surface area (Å²) in [6.45, 7) is 3.09. The molecule has 0 saturated carbocycles. The number of rotatable bonds is 18. The number of para-hydroxylation sites is 1. The highest BCUT2D eigenvalue weighted by atomic mass is 33.1. The van der Waals surface area contributed by atoms with Crippen LogP contribution in [0.4, 0.5) is 43.9 Å². The predicted octanol–water partition coefficient (Wildman–Crippen LogP) is 2.61. The third kappa shape index (κ3) is 16.7. The van der Waals surface area contributed by atoms with E-state index in [9.17, 15) is 82.3 Å². The molecule has 1 aliphatic heterocycles. The van der Waals surface area contributed by atoms with Crippen molar-refractivity contribution in [1.29, 1.82) is 0 Å². The van der Waals surface area contributed by atoms with E-state index >= 15 is 0 Å². The first kappa shape index (κ1) is 67.2. The standard InChI is InChI=1S/C54H58F10N12O8S2/c1-22(2)46-54(84)75-35(52(82)71-31(47(67)77)18-27-38(57)42(61)45(64)43(62)39(27)58)21-86-85-20-34(74-48(78)28(66)17-26-36(55)40(59)44(63)41(60)37(26)56)53(83)73-33(16-24-9-6-8-14-68-24)51(81)72-32(15-23-19-69-29-11-4-3-10-25(23)29)50(80)70-30(49(79)76-46)12-5-7-13-65/h3-4,6,8-11,14,19,22,28,30-35,46,69H,5,7,12-13,15-18,20-21,65-66H2,1-2H3,(H2,67,77)(H,70,80)(H,71,82)(H,72,81)(H,73,83)(H,74,78)(H,75,84)(H,76,79)/t28-,30-,31-,32?,33+,34?,35?,46?/m0/s1. The van der Waals surface area contributed by atoms with Crippen molar-refractivity contribution in [2.75, 3.05) is 18.1 Å². The van der Waals surface area contributed by atoms with E-state index in [0.717, 1.165) is 0 Å². The van der Waals surface area contributed by atoms with Gasteiger partial charge in [0, 0.05) is 77.3 Å². The van der Waals surface area contributed by atoms with Crippen molar-refractivity contribution in [3.63, 3.8) is 0 Å². The van der Waals surface area contributed by atoms with E-state index in [-0.39, 0.29) is 31.5 Å². The maximum absolute atomic E-state index is 14.9. The summed E-state index contributed by atoms with van der Waals surface area (Å²) in [4.78, 5) is 121. The highest BCUT2D eigenvalue weighted by Crippen LogP contribution is 2.28. The monoisotopic (exact) mass is 1260 g/mol. The van der Waals surface area contributed by atoms with Crippen molar-refractivity contribution < 1.29 is 82.3 Å². The van der Waals surface area contributed by atoms with Gasteiger partial charge in [-0.1, -0.05) is 59.7 Å². The van der Waals surface area contributed by atoms with E-state index in [0.29, 0.717) is 44.5 Å². The molecular weight excluding hydrogens is 1200 g/mol. The van der Waals surface area contributed by atoms with Gasteiger partial charge in [-0.25, -0.2) is 43.9 Å². The quantitative estimate of drug-likeness (QED) is 0.0198. The van der Waals surface area contributed by atoms with Crippen LogP contribution in [0.15, 0.2) is 54.9 Å². The van der Waals surface area contributed by atoms with Crippen LogP contribution in [0.2, 0.25) is 0 Å². The molecule has 4 unspecified atom stereocenters. The van der Waals surface area contributed by atoms with Gasteiger partial charge in [-0.15, -0.1) is 0 Å². The number of aromatic nitrogens is 2. The number of halogens is 10. The van der Waals surface area contributed by atoms with Crippen molar-refractivity contribution in [2.24, 2.45) is 23.1 Å². The van der Waals surface area contributed by atoms with Gasteiger partial charge in [-0.05, 0) is 55.5 Å². The molecule has 86 heavy (non-hydrogen) atoms. The number of nitrogens with one attached hydrogen (secondary N) is 8. The van der Waals surface area contributed by atoms with Crippen molar-refractivity contribution in [2.45, 2.75) is 107 Å². The Morgan fingerprint density at radius 3 is 1.76 bits per heavy atom. The molecule has 1 fully saturated rings. The van der Waals surface area contributed by atoms with Crippen LogP contribution in [0, 0.1) is 64.1 Å². The third-order valence-electron chi connectivity index (χ3n) is 13.6. The molecule has 0 spiro atoms. The molecule has 14 N–H and O–H groups in total. The number of hydrogen-bond acceptors (Lipinski definition) is 13. The summed E-state index contributed by atoms with van der Waals surface area (Å²) in [6, 6.07) is -3.13. The number of nitrogens with zero attached hydrogens (tertiary/aromatic N) is 1. The van der Waals surface area contributed by atoms with Crippen molar-refractivity contribution in [3.05, 3.63) is 135 Å². The van der Waals surface area contributed by atoms with E-state index in [1.165, 1.54) is 32.2 Å². The van der Waals surface area contributed by atoms with Gasteiger partial charge in [0.1, 0.15) is 42.3 Å². The molecule has 464 valence electrons. The second-order valence-corrected chi connectivity index (χ2v) is 22.6. The molecule has 8 amide bonds. The van der Waals surface area contributed by atoms with E-state index < -0.39 is 202 Å². The lowest BCUT2D eigenvalue weighted by Crippen LogP contribution is -2.61. The Morgan fingerprint density at radius 2 is 1.17 bits per heavy atom. The van der Waals surface area contributed by atoms with Gasteiger partial charge in [0.2, 0.25) is 58.9 Å². The fraction of sp³-hybridized carbons (Fsp3) is 0.389. The van der Waals surface area contributed by atoms with Gasteiger partial charge >= 0.3 is 0 Å². The first-order chi connectivity index (χ1) is 40.7. The molecule has 0 aliphatic carbocycles. The lowest BCUT2D eigenvalue weighted by molar-refractivity contribution is -0.136. The molecule has 1 saturated heterocycles. The SMILES string of the molecule is CC(C)C1NC(=O)[C@H](CCCCN)NC(=O)C(Cc2c[nH]c3ccccc23)NC(=O)[C@@H](Cc2ccccn2)NC(=O)C(NC(=O)[C@@H](N)Cc2c(F)c(F)c(F)c(F)c2F)CSSCC(C(=O)N[C@@H](Cc2c(F)c(F)c(F)c(F)c2F)C(N)=O)NC1=O. The molecule has 2 aromatic heterocycles. The molecule has 8 atom stereocenters. The summed E-state index contributed by atoms with van der Waals surface area (Å²) in [5.74, 6) is -35.7. The summed E-state index contributed by atoms with van der Waals surface area (Å²) in [6.07, 6.45) is -0.0885. The summed E-state index contributed by atoms with van der Waals surface area (Å²) in [5.41, 5.74) is 15.4. The number of unbranched alkanes of at least 4 members (excludes halogenated alkanes) is 1. The number of H-pyrrole nitrogens is 1. The van der Waals surface area contributed by atoms with Crippen LogP contribution in [-0.2, 0) is 64.0 Å². The summed E-state index contributed by atoms with van der Waals surface area (Å²) >= 11 is 0. The first-order valence-electron chi connectivity index (χ1n) is 26.3. The molecule has 0 radical (unpaired) electrons. The molecule has 32 heteroatoms. The highest BCUT2D eigenvalue weighted by molar-refractivity contribution is 8.76. The number of benzene rings is 3. The van der Waals surface area contributed by atoms with Crippen LogP contribution in [0.3, 0.4) is 0 Å². The Labute approximate surface area is 491 Å². The number of pyridine rings is 1. The Morgan fingerprint density at radius 1 is 0.640 bits per heavy atom. The number of primary amides is 1. The number of hydrogen-bond donors (Lipinski definition) is 11. The minimum absolute atomic E-state index is 0.109. The van der Waals surface area contributed by atoms with E-state index in [4.69, 9.17) is 17.2 Å². The Hall–Kier alpha value is -7.97. The molecule has 1 aliphatic rings. The van der Waals surface area contributed by atoms with E-state index in [2.05, 4.69) is 41.9 Å². The Kier molecular flexibility index (Phi) is 23.7. The second kappa shape index (κ2) is 30.4. The second-order valence-electron chi connectivity index (χ2n) is 20.1. The topological polar surface area (TPSA) is 328 Å². The Balaban J connectivity index is 1.43. The molecule has 3 aromatic carbocycles. The summed E-state index contributed by atoms with van der Waals surface area (Å²) in [7, 11) is 1.24. The largest absolute Gasteiger partial charge is 0.368 e. The molecule has 6 rings (SSSR count). The van der Waals surface area contributed by atoms with Gasteiger partial charge in [0.15, 0.2) is 46.5 Å². The maximum Gasteiger partial charge on any atom is 0.244 e. The number of amides is 8. The number of carbonyl (C=O) groups excluding carboxylic acids is 8. The van der Waals surface area contributed by atoms with Crippen LogP contribution in [0.25, 0.3) is 10.9 Å². The smallest absolute Gasteiger partial charge is 0.244 e. The molecule has 5 aromatic rings. The minimum Gasteiger partial charge on any atom is -0.368 e. The van der Waals surface area contributed by atoms with E-state index in [1.54, 1.807) is 36.5 Å². The summed E-state index contributed by atoms with van der Waals surface area (Å²) < 4.78 is 144. The molecule has 0 bridgehead atoms. The zero-order chi connectivity index (χ0) is 63.3. The number of aromatic amines is 1. The minimum atomic E-state index is -2.54. The van der Waals surface area contributed by atoms with Crippen LogP contribution in [0.5, 0.6) is 0 Å². The first-order valence-corrected chi connectivity index (χ1v) is 28.8. The number of nitrogens with two attached hydrogens (primary N) is 3. The van der Waals surface area contributed by atoms with Gasteiger partial charge in [-0.2, -0.15) is 0 Å². The van der Waals surface area contributed by atoms with Crippen molar-refractivity contribution >= 4 is 79.7 Å². The Bertz CT molecular complexity index is 3300. The molecular formula is C54H58F10N12O8S2. The van der Waals surface area contributed by atoms with Gasteiger partial charge in [0.25, 0.3) is 0 Å². The average molecular weight is 1260 g/mol. The number of fused-ring (bicyclic) bond motifs is 1. The fourth-order valence-electron chi connectivity index (χ4n) is 8.84. The third-order valence-corrected chi connectivity index (χ3v) is 16.0. The normalized spacial score (nSPS) is 20.2. The van der Waals surface area contributed by atoms with Gasteiger partial charge < -0.3 is 59.4 Å². The highest BCUT2D eigenvalue weighted by Gasteiger charge is 2.38. The van der Waals surface area contributed by atoms with E-state index in [1.807, 2.05) is 5.32 Å². The van der Waals surface area contributed by atoms with Crippen LogP contribution in [-0.4, -0.2) is 124 Å². The zero-order valence-corrected chi connectivity index (χ0v) is 47.1. The maximum atomic E-state index is 14.9. The average Bonchev–Trinajstić information content (AvgIpc) is 3.47. The van der Waals surface area contributed by atoms with Crippen molar-refractivity contribution in [3.8, 4) is 0 Å². The lowest BCUT2D eigenvalue weighted by atomic mass is 10.00. The van der Waals surface area contributed by atoms with Crippen LogP contribution >= 0.6 is 21.6 Å². The van der Waals surface area contributed by atoms with Crippen LogP contribution in [0.1, 0.15) is 55.5 Å². The predicted molar refractivity (Wildman–Crippen MR) is 293 cm³/mol. The number of carbonyl (C=O) groups is 8. The zero-order valence-electron chi connectivity index (χ0n) is 45.5. The fourth-order valence-corrected chi connectivity index (χ4v) is 11.2. The van der Waals surface area contributed by atoms with Gasteiger partial charge in [0.05, 0.1) is 6.04 Å². The van der Waals surface area contributed by atoms with Crippen LogP contribution < -0.4 is 54.4 Å².